The first kappa shape index (κ1) is 64.6. The standard InChI is InChI=1S/C60H117NO5/c1-3-5-7-9-11-13-15-17-19-20-21-22-23-24-25-27-28-32-36-40-44-48-52-58(63)57(56-62)61-59(64)53-49-45-41-37-33-30-31-35-39-43-47-51-55-66-60(65)54-50-46-42-38-34-29-26-18-16-14-12-10-8-6-4-2/h48,52,57-58,62-63H,3-47,49-51,53-56H2,1-2H3,(H,61,64)/b52-48+. The molecule has 2 atom stereocenters. The van der Waals surface area contributed by atoms with Gasteiger partial charge in [0.15, 0.2) is 0 Å². The number of hydrogen-bond acceptors (Lipinski definition) is 5. The van der Waals surface area contributed by atoms with Crippen LogP contribution in [0.1, 0.15) is 335 Å². The molecule has 0 saturated heterocycles. The predicted molar refractivity (Wildman–Crippen MR) is 287 cm³/mol. The van der Waals surface area contributed by atoms with Crippen molar-refractivity contribution in [3.63, 3.8) is 0 Å². The van der Waals surface area contributed by atoms with Crippen LogP contribution in [-0.2, 0) is 14.3 Å². The summed E-state index contributed by atoms with van der Waals surface area (Å²) in [6.07, 6.45) is 66.6. The fraction of sp³-hybridized carbons (Fsp3) is 0.933. The number of hydrogen-bond donors (Lipinski definition) is 3. The number of ether oxygens (including phenoxy) is 1. The zero-order valence-electron chi connectivity index (χ0n) is 44.7. The highest BCUT2D eigenvalue weighted by molar-refractivity contribution is 5.76. The molecule has 3 N–H and O–H groups in total. The summed E-state index contributed by atoms with van der Waals surface area (Å²) in [4.78, 5) is 24.5. The lowest BCUT2D eigenvalue weighted by Crippen LogP contribution is -2.45. The van der Waals surface area contributed by atoms with Crippen LogP contribution < -0.4 is 5.32 Å². The molecule has 0 bridgehead atoms. The normalized spacial score (nSPS) is 12.6. The molecule has 0 aliphatic carbocycles. The Hall–Kier alpha value is -1.40. The van der Waals surface area contributed by atoms with Crippen molar-refractivity contribution in [2.24, 2.45) is 0 Å². The number of aliphatic hydroxyl groups is 2. The van der Waals surface area contributed by atoms with Crippen molar-refractivity contribution in [2.75, 3.05) is 13.2 Å². The molecule has 392 valence electrons. The van der Waals surface area contributed by atoms with Crippen molar-refractivity contribution in [2.45, 2.75) is 347 Å². The molecule has 6 nitrogen and oxygen atoms in total. The number of carbonyl (C=O) groups is 2. The highest BCUT2D eigenvalue weighted by atomic mass is 16.5. The van der Waals surface area contributed by atoms with E-state index in [1.807, 2.05) is 6.08 Å². The molecule has 1 amide bonds. The monoisotopic (exact) mass is 932 g/mol. The summed E-state index contributed by atoms with van der Waals surface area (Å²) in [7, 11) is 0. The lowest BCUT2D eigenvalue weighted by molar-refractivity contribution is -0.143. The molecule has 0 aliphatic rings. The maximum atomic E-state index is 12.5. The van der Waals surface area contributed by atoms with Gasteiger partial charge >= 0.3 is 5.97 Å². The van der Waals surface area contributed by atoms with Crippen molar-refractivity contribution in [3.8, 4) is 0 Å². The molecule has 6 heteroatoms. The Morgan fingerprint density at radius 2 is 0.697 bits per heavy atom. The van der Waals surface area contributed by atoms with Gasteiger partial charge in [-0.15, -0.1) is 0 Å². The van der Waals surface area contributed by atoms with E-state index in [4.69, 9.17) is 4.74 Å². The van der Waals surface area contributed by atoms with Crippen molar-refractivity contribution in [3.05, 3.63) is 12.2 Å². The second-order valence-corrected chi connectivity index (χ2v) is 20.7. The van der Waals surface area contributed by atoms with E-state index in [9.17, 15) is 19.8 Å². The SMILES string of the molecule is CCCCCCCCCCCCCCCCCCCCCC/C=C/C(O)C(CO)NC(=O)CCCCCCCCCCCCCCOC(=O)CCCCCCCCCCCCCCCCC. The summed E-state index contributed by atoms with van der Waals surface area (Å²) in [5.74, 6) is -0.0864. The molecule has 0 fully saturated rings. The van der Waals surface area contributed by atoms with E-state index in [0.29, 0.717) is 19.4 Å². The van der Waals surface area contributed by atoms with Crippen LogP contribution in [0.4, 0.5) is 0 Å². The van der Waals surface area contributed by atoms with Crippen LogP contribution in [0.25, 0.3) is 0 Å². The zero-order valence-corrected chi connectivity index (χ0v) is 44.7. The minimum Gasteiger partial charge on any atom is -0.466 e. The van der Waals surface area contributed by atoms with Crippen LogP contribution in [0.5, 0.6) is 0 Å². The predicted octanol–water partition coefficient (Wildman–Crippen LogP) is 18.5. The number of allylic oxidation sites excluding steroid dienone is 1. The average Bonchev–Trinajstić information content (AvgIpc) is 3.32. The minimum absolute atomic E-state index is 0.00689. The summed E-state index contributed by atoms with van der Waals surface area (Å²) in [6, 6.07) is -0.639. The van der Waals surface area contributed by atoms with E-state index < -0.39 is 12.1 Å². The fourth-order valence-corrected chi connectivity index (χ4v) is 9.46. The topological polar surface area (TPSA) is 95.9 Å². The maximum absolute atomic E-state index is 12.5. The van der Waals surface area contributed by atoms with Gasteiger partial charge in [0, 0.05) is 12.8 Å². The molecule has 0 spiro atoms. The molecule has 0 aromatic carbocycles. The minimum atomic E-state index is -0.855. The molecule has 0 rings (SSSR count). The van der Waals surface area contributed by atoms with E-state index in [1.54, 1.807) is 6.08 Å². The molecule has 2 unspecified atom stereocenters. The molecule has 0 saturated carbocycles. The van der Waals surface area contributed by atoms with Crippen LogP contribution in [0.2, 0.25) is 0 Å². The quantitative estimate of drug-likeness (QED) is 0.0321. The first-order chi connectivity index (χ1) is 32.5. The lowest BCUT2D eigenvalue weighted by atomic mass is 10.0. The summed E-state index contributed by atoms with van der Waals surface area (Å²) < 4.78 is 5.47. The number of rotatable bonds is 56. The zero-order chi connectivity index (χ0) is 47.9. The molecular weight excluding hydrogens is 815 g/mol. The molecule has 0 heterocycles. The van der Waals surface area contributed by atoms with E-state index in [-0.39, 0.29) is 18.5 Å². The van der Waals surface area contributed by atoms with Gasteiger partial charge in [-0.1, -0.05) is 302 Å². The third kappa shape index (κ3) is 52.0. The highest BCUT2D eigenvalue weighted by Crippen LogP contribution is 2.18. The molecule has 0 aromatic rings. The highest BCUT2D eigenvalue weighted by Gasteiger charge is 2.18. The van der Waals surface area contributed by atoms with Gasteiger partial charge in [-0.05, 0) is 32.1 Å². The summed E-state index contributed by atoms with van der Waals surface area (Å²) in [6.45, 7) is 4.90. The largest absolute Gasteiger partial charge is 0.466 e. The summed E-state index contributed by atoms with van der Waals surface area (Å²) in [5, 5.41) is 23.2. The molecule has 66 heavy (non-hydrogen) atoms. The van der Waals surface area contributed by atoms with Gasteiger partial charge in [-0.3, -0.25) is 9.59 Å². The number of unbranched alkanes of at least 4 members (excludes halogenated alkanes) is 45. The Labute approximate surface area is 412 Å². The Morgan fingerprint density at radius 1 is 0.409 bits per heavy atom. The summed E-state index contributed by atoms with van der Waals surface area (Å²) >= 11 is 0. The number of nitrogens with one attached hydrogen (secondary N) is 1. The van der Waals surface area contributed by atoms with Gasteiger partial charge in [0.25, 0.3) is 0 Å². The van der Waals surface area contributed by atoms with Gasteiger partial charge in [0.1, 0.15) is 0 Å². The Kier molecular flexibility index (Phi) is 55.0. The van der Waals surface area contributed by atoms with Crippen LogP contribution in [-0.4, -0.2) is 47.4 Å². The van der Waals surface area contributed by atoms with Crippen molar-refractivity contribution in [1.29, 1.82) is 0 Å². The maximum Gasteiger partial charge on any atom is 0.305 e. The molecule has 0 aliphatic heterocycles. The van der Waals surface area contributed by atoms with Crippen molar-refractivity contribution >= 4 is 11.9 Å². The van der Waals surface area contributed by atoms with E-state index >= 15 is 0 Å². The van der Waals surface area contributed by atoms with Gasteiger partial charge in [0.05, 0.1) is 25.4 Å². The average molecular weight is 933 g/mol. The first-order valence-electron chi connectivity index (χ1n) is 30.0. The lowest BCUT2D eigenvalue weighted by Gasteiger charge is -2.20. The Balaban J connectivity index is 3.47. The van der Waals surface area contributed by atoms with Gasteiger partial charge < -0.3 is 20.3 Å². The fourth-order valence-electron chi connectivity index (χ4n) is 9.46. The second kappa shape index (κ2) is 56.2. The molecular formula is C60H117NO5. The van der Waals surface area contributed by atoms with Gasteiger partial charge in [-0.2, -0.15) is 0 Å². The van der Waals surface area contributed by atoms with Crippen molar-refractivity contribution in [1.82, 2.24) is 5.32 Å². The summed E-state index contributed by atoms with van der Waals surface area (Å²) in [5.41, 5.74) is 0. The first-order valence-corrected chi connectivity index (χ1v) is 30.0. The second-order valence-electron chi connectivity index (χ2n) is 20.7. The Morgan fingerprint density at radius 3 is 1.03 bits per heavy atom. The number of esters is 1. The van der Waals surface area contributed by atoms with E-state index in [2.05, 4.69) is 19.2 Å². The smallest absolute Gasteiger partial charge is 0.305 e. The third-order valence-electron chi connectivity index (χ3n) is 14.1. The third-order valence-corrected chi connectivity index (χ3v) is 14.1. The van der Waals surface area contributed by atoms with Crippen LogP contribution in [0, 0.1) is 0 Å². The van der Waals surface area contributed by atoms with Crippen LogP contribution in [0.15, 0.2) is 12.2 Å². The van der Waals surface area contributed by atoms with E-state index in [1.165, 1.54) is 250 Å². The number of aliphatic hydroxyl groups excluding tert-OH is 2. The van der Waals surface area contributed by atoms with Gasteiger partial charge in [-0.25, -0.2) is 0 Å². The molecule has 0 aromatic heterocycles. The number of carbonyl (C=O) groups excluding carboxylic acids is 2. The van der Waals surface area contributed by atoms with E-state index in [0.717, 1.165) is 57.8 Å². The van der Waals surface area contributed by atoms with Gasteiger partial charge in [0.2, 0.25) is 5.91 Å². The molecule has 0 radical (unpaired) electrons. The van der Waals surface area contributed by atoms with Crippen LogP contribution >= 0.6 is 0 Å². The number of amides is 1. The Bertz CT molecular complexity index is 986. The van der Waals surface area contributed by atoms with Crippen LogP contribution in [0.3, 0.4) is 0 Å². The van der Waals surface area contributed by atoms with Crippen molar-refractivity contribution < 1.29 is 24.5 Å².